The van der Waals surface area contributed by atoms with Crippen LogP contribution >= 0.6 is 0 Å². The Morgan fingerprint density at radius 3 is 1.75 bits per heavy atom. The number of benzene rings is 2. The third kappa shape index (κ3) is 8.86. The van der Waals surface area contributed by atoms with E-state index in [1.807, 2.05) is 70.5 Å². The van der Waals surface area contributed by atoms with Crippen LogP contribution in [0.4, 0.5) is 0 Å². The fourth-order valence-electron chi connectivity index (χ4n) is 8.27. The van der Waals surface area contributed by atoms with Gasteiger partial charge < -0.3 is 39.9 Å². The Labute approximate surface area is 348 Å². The van der Waals surface area contributed by atoms with Gasteiger partial charge in [-0.15, -0.1) is 0 Å². The SMILES string of the molecule is O=C(N[C@H](C(=O)N1CCC[C@@H]1c1ncc(C#CC#CC2COC(c3cnc([C@H]4CCCN4C(=O)[C@@H](NC(=O)C4CC4)c4ccccc4)[nH]3)CO2)[nH]1)c1ccccc1)C1CC1. The Morgan fingerprint density at radius 2 is 1.22 bits per heavy atom. The molecule has 2 saturated carbocycles. The van der Waals surface area contributed by atoms with Gasteiger partial charge >= 0.3 is 0 Å². The van der Waals surface area contributed by atoms with Crippen LogP contribution in [0.5, 0.6) is 0 Å². The van der Waals surface area contributed by atoms with E-state index in [4.69, 9.17) is 9.47 Å². The molecule has 3 saturated heterocycles. The van der Waals surface area contributed by atoms with Crippen LogP contribution in [-0.4, -0.2) is 85.8 Å². The van der Waals surface area contributed by atoms with E-state index in [0.717, 1.165) is 68.2 Å². The van der Waals surface area contributed by atoms with E-state index in [1.165, 1.54) is 0 Å². The number of aromatic nitrogens is 4. The number of hydrogen-bond acceptors (Lipinski definition) is 8. The molecule has 6 atom stereocenters. The summed E-state index contributed by atoms with van der Waals surface area (Å²) in [6.45, 7) is 1.66. The van der Waals surface area contributed by atoms with E-state index in [-0.39, 0.29) is 66.9 Å². The average Bonchev–Trinajstić information content (AvgIpc) is 4.05. The van der Waals surface area contributed by atoms with Gasteiger partial charge in [0.25, 0.3) is 0 Å². The standard InChI is InChI=1S/C46H48N8O6/c55-43(31-19-20-31)51-39(29-11-3-1-4-12-29)45(57)53-23-9-17-36(53)41-47-25-33(49-41)15-7-8-16-34-27-60-38(28-59-34)35-26-48-42(50-35)37-18-10-24-54(37)46(58)40(30-13-5-2-6-14-30)52-44(56)32-21-22-32/h1-6,11-14,25-26,31-32,34,36-40H,9-10,17-24,27-28H2,(H,47,49)(H,48,50)(H,51,55)(H,52,56)/t34?,36-,37-,38?,39+,40+/m1/s1. The molecule has 60 heavy (non-hydrogen) atoms. The molecule has 5 aliphatic rings. The maximum absolute atomic E-state index is 14.0. The van der Waals surface area contributed by atoms with Gasteiger partial charge in [0.2, 0.25) is 23.6 Å². The first-order valence-electron chi connectivity index (χ1n) is 21.1. The molecule has 2 aliphatic carbocycles. The van der Waals surface area contributed by atoms with E-state index in [1.54, 1.807) is 12.4 Å². The fourth-order valence-corrected chi connectivity index (χ4v) is 8.27. The van der Waals surface area contributed by atoms with Crippen molar-refractivity contribution in [1.29, 1.82) is 0 Å². The van der Waals surface area contributed by atoms with Crippen LogP contribution in [0, 0.1) is 35.5 Å². The van der Waals surface area contributed by atoms with Crippen molar-refractivity contribution in [2.45, 2.75) is 87.7 Å². The molecule has 0 bridgehead atoms. The van der Waals surface area contributed by atoms with Gasteiger partial charge in [0.1, 0.15) is 41.6 Å². The summed E-state index contributed by atoms with van der Waals surface area (Å²) in [4.78, 5) is 73.0. The lowest BCUT2D eigenvalue weighted by Crippen LogP contribution is -2.43. The van der Waals surface area contributed by atoms with Crippen LogP contribution in [0.25, 0.3) is 0 Å². The fraction of sp³-hybridized carbons (Fsp3) is 0.435. The number of ether oxygens (including phenoxy) is 2. The Bertz CT molecular complexity index is 2320. The number of carbonyl (C=O) groups excluding carboxylic acids is 4. The van der Waals surface area contributed by atoms with E-state index in [2.05, 4.69) is 54.3 Å². The average molecular weight is 809 g/mol. The molecular weight excluding hydrogens is 761 g/mol. The molecule has 0 radical (unpaired) electrons. The minimum atomic E-state index is -0.755. The zero-order valence-electron chi connectivity index (χ0n) is 33.3. The Kier molecular flexibility index (Phi) is 11.5. The molecule has 5 heterocycles. The molecule has 3 aliphatic heterocycles. The predicted molar refractivity (Wildman–Crippen MR) is 218 cm³/mol. The molecule has 2 aromatic carbocycles. The molecule has 9 rings (SSSR count). The second kappa shape index (κ2) is 17.6. The van der Waals surface area contributed by atoms with Crippen molar-refractivity contribution < 1.29 is 28.7 Å². The Morgan fingerprint density at radius 1 is 0.667 bits per heavy atom. The van der Waals surface area contributed by atoms with Gasteiger partial charge in [-0.05, 0) is 80.3 Å². The molecule has 14 nitrogen and oxygen atoms in total. The molecule has 5 fully saturated rings. The number of nitrogens with zero attached hydrogens (tertiary/aromatic N) is 4. The van der Waals surface area contributed by atoms with Gasteiger partial charge in [-0.2, -0.15) is 0 Å². The van der Waals surface area contributed by atoms with Gasteiger partial charge in [-0.1, -0.05) is 66.6 Å². The maximum atomic E-state index is 14.0. The molecule has 308 valence electrons. The summed E-state index contributed by atoms with van der Waals surface area (Å²) in [5, 5.41) is 6.03. The lowest BCUT2D eigenvalue weighted by atomic mass is 10.0. The number of carbonyl (C=O) groups is 4. The summed E-state index contributed by atoms with van der Waals surface area (Å²) >= 11 is 0. The summed E-state index contributed by atoms with van der Waals surface area (Å²) < 4.78 is 12.2. The van der Waals surface area contributed by atoms with Gasteiger partial charge in [0.15, 0.2) is 0 Å². The molecule has 0 spiro atoms. The van der Waals surface area contributed by atoms with E-state index in [0.29, 0.717) is 30.4 Å². The first-order chi connectivity index (χ1) is 29.4. The minimum Gasteiger partial charge on any atom is -0.366 e. The number of rotatable bonds is 11. The molecular formula is C46H48N8O6. The van der Waals surface area contributed by atoms with Crippen LogP contribution in [0.2, 0.25) is 0 Å². The van der Waals surface area contributed by atoms with Crippen LogP contribution in [0.15, 0.2) is 73.1 Å². The van der Waals surface area contributed by atoms with E-state index < -0.39 is 18.2 Å². The first kappa shape index (κ1) is 39.3. The quantitative estimate of drug-likeness (QED) is 0.160. The third-order valence-corrected chi connectivity index (χ3v) is 11.9. The highest BCUT2D eigenvalue weighted by atomic mass is 16.6. The lowest BCUT2D eigenvalue weighted by Gasteiger charge is -2.29. The molecule has 14 heteroatoms. The van der Waals surface area contributed by atoms with Crippen LogP contribution in [0.3, 0.4) is 0 Å². The van der Waals surface area contributed by atoms with Crippen molar-refractivity contribution >= 4 is 23.6 Å². The van der Waals surface area contributed by atoms with Crippen LogP contribution < -0.4 is 10.6 Å². The maximum Gasteiger partial charge on any atom is 0.250 e. The number of hydrogen-bond donors (Lipinski definition) is 4. The zero-order valence-corrected chi connectivity index (χ0v) is 33.3. The second-order valence-corrected chi connectivity index (χ2v) is 16.2. The summed E-state index contributed by atoms with van der Waals surface area (Å²) in [6, 6.07) is 16.8. The second-order valence-electron chi connectivity index (χ2n) is 16.2. The third-order valence-electron chi connectivity index (χ3n) is 11.9. The van der Waals surface area contributed by atoms with E-state index in [9.17, 15) is 19.2 Å². The monoisotopic (exact) mass is 808 g/mol. The molecule has 4 N–H and O–H groups in total. The minimum absolute atomic E-state index is 0.0125. The number of imidazole rings is 2. The van der Waals surface area contributed by atoms with Crippen molar-refractivity contribution in [3.05, 3.63) is 107 Å². The van der Waals surface area contributed by atoms with Gasteiger partial charge in [0, 0.05) is 24.9 Å². The summed E-state index contributed by atoms with van der Waals surface area (Å²) in [5.41, 5.74) is 2.86. The molecule has 2 unspecified atom stereocenters. The van der Waals surface area contributed by atoms with Crippen LogP contribution in [0.1, 0.15) is 116 Å². The summed E-state index contributed by atoms with van der Waals surface area (Å²) in [7, 11) is 0. The summed E-state index contributed by atoms with van der Waals surface area (Å²) in [6.07, 6.45) is 9.14. The highest BCUT2D eigenvalue weighted by Gasteiger charge is 2.41. The normalized spacial score (nSPS) is 23.4. The largest absolute Gasteiger partial charge is 0.366 e. The van der Waals surface area contributed by atoms with Crippen molar-refractivity contribution in [2.24, 2.45) is 11.8 Å². The predicted octanol–water partition coefficient (Wildman–Crippen LogP) is 4.51. The van der Waals surface area contributed by atoms with Gasteiger partial charge in [-0.25, -0.2) is 9.97 Å². The number of H-pyrrole nitrogens is 2. The van der Waals surface area contributed by atoms with Gasteiger partial charge in [-0.3, -0.25) is 19.2 Å². The zero-order chi connectivity index (χ0) is 41.0. The summed E-state index contributed by atoms with van der Waals surface area (Å²) in [5.74, 6) is 12.7. The number of likely N-dealkylation sites (tertiary alicyclic amines) is 2. The number of amides is 4. The molecule has 4 aromatic rings. The van der Waals surface area contributed by atoms with E-state index >= 15 is 0 Å². The lowest BCUT2D eigenvalue weighted by molar-refractivity contribution is -0.138. The van der Waals surface area contributed by atoms with Crippen molar-refractivity contribution in [3.63, 3.8) is 0 Å². The van der Waals surface area contributed by atoms with Crippen molar-refractivity contribution in [2.75, 3.05) is 26.3 Å². The highest BCUT2D eigenvalue weighted by molar-refractivity contribution is 5.91. The molecule has 2 aromatic heterocycles. The first-order valence-corrected chi connectivity index (χ1v) is 21.1. The number of aromatic amines is 2. The van der Waals surface area contributed by atoms with Crippen molar-refractivity contribution in [3.8, 4) is 23.7 Å². The van der Waals surface area contributed by atoms with Gasteiger partial charge in [0.05, 0.1) is 43.4 Å². The Balaban J connectivity index is 0.785. The topological polar surface area (TPSA) is 175 Å². The number of nitrogens with one attached hydrogen (secondary N) is 4. The Hall–Kier alpha value is -6.22. The molecule has 4 amide bonds. The smallest absolute Gasteiger partial charge is 0.250 e. The van der Waals surface area contributed by atoms with Crippen LogP contribution in [-0.2, 0) is 28.7 Å². The highest BCUT2D eigenvalue weighted by Crippen LogP contribution is 2.37. The van der Waals surface area contributed by atoms with Crippen molar-refractivity contribution in [1.82, 2.24) is 40.4 Å².